The lowest BCUT2D eigenvalue weighted by atomic mass is 10.1. The van der Waals surface area contributed by atoms with Crippen LogP contribution in [0.4, 0.5) is 10.1 Å². The minimum absolute atomic E-state index is 0.296. The molecule has 2 nitrogen and oxygen atoms in total. The van der Waals surface area contributed by atoms with Crippen molar-refractivity contribution in [3.05, 3.63) is 59.4 Å². The lowest BCUT2D eigenvalue weighted by Crippen LogP contribution is -2.12. The largest absolute Gasteiger partial charge is 0.489 e. The van der Waals surface area contributed by atoms with Crippen molar-refractivity contribution in [1.29, 1.82) is 0 Å². The summed E-state index contributed by atoms with van der Waals surface area (Å²) in [6.45, 7) is 5.19. The number of rotatable bonds is 5. The highest BCUT2D eigenvalue weighted by Gasteiger charge is 2.01. The summed E-state index contributed by atoms with van der Waals surface area (Å²) in [4.78, 5) is 0. The van der Waals surface area contributed by atoms with Gasteiger partial charge in [-0.15, -0.1) is 0 Å². The van der Waals surface area contributed by atoms with Crippen LogP contribution in [0.3, 0.4) is 0 Å². The second-order valence-electron chi connectivity index (χ2n) is 4.52. The van der Waals surface area contributed by atoms with Gasteiger partial charge in [-0.1, -0.05) is 29.8 Å². The van der Waals surface area contributed by atoms with Gasteiger partial charge in [0.05, 0.1) is 0 Å². The van der Waals surface area contributed by atoms with Crippen LogP contribution < -0.4 is 10.1 Å². The molecule has 0 fully saturated rings. The highest BCUT2D eigenvalue weighted by molar-refractivity contribution is 5.51. The Labute approximate surface area is 113 Å². The van der Waals surface area contributed by atoms with Crippen LogP contribution in [0, 0.1) is 19.7 Å². The summed E-state index contributed by atoms with van der Waals surface area (Å²) in [5, 5.41) is 3.28. The molecule has 0 aliphatic carbocycles. The van der Waals surface area contributed by atoms with Crippen molar-refractivity contribution >= 4 is 5.69 Å². The summed E-state index contributed by atoms with van der Waals surface area (Å²) in [5.74, 6) is -0.0288. The minimum atomic E-state index is -0.325. The van der Waals surface area contributed by atoms with Crippen molar-refractivity contribution in [3.63, 3.8) is 0 Å². The maximum atomic E-state index is 13.3. The van der Waals surface area contributed by atoms with Gasteiger partial charge in [-0.05, 0) is 37.6 Å². The fraction of sp³-hybridized carbons (Fsp3) is 0.250. The molecule has 0 aliphatic heterocycles. The zero-order chi connectivity index (χ0) is 13.7. The summed E-state index contributed by atoms with van der Waals surface area (Å²) in [6.07, 6.45) is 0. The summed E-state index contributed by atoms with van der Waals surface area (Å²) < 4.78 is 18.7. The molecule has 0 saturated heterocycles. The van der Waals surface area contributed by atoms with Gasteiger partial charge in [0.15, 0.2) is 11.6 Å². The molecule has 0 bridgehead atoms. The first kappa shape index (κ1) is 13.4. The second kappa shape index (κ2) is 6.23. The number of halogens is 1. The maximum absolute atomic E-state index is 13.3. The Balaban J connectivity index is 1.83. The Morgan fingerprint density at radius 2 is 1.89 bits per heavy atom. The highest BCUT2D eigenvalue weighted by Crippen LogP contribution is 2.17. The summed E-state index contributed by atoms with van der Waals surface area (Å²) in [5.41, 5.74) is 3.53. The van der Waals surface area contributed by atoms with Crippen LogP contribution in [0.1, 0.15) is 11.1 Å². The van der Waals surface area contributed by atoms with E-state index in [0.717, 1.165) is 5.69 Å². The zero-order valence-electron chi connectivity index (χ0n) is 11.2. The van der Waals surface area contributed by atoms with Crippen molar-refractivity contribution < 1.29 is 9.13 Å². The summed E-state index contributed by atoms with van der Waals surface area (Å²) >= 11 is 0. The normalized spacial score (nSPS) is 10.3. The second-order valence-corrected chi connectivity index (χ2v) is 4.52. The number of hydrogen-bond acceptors (Lipinski definition) is 2. The molecule has 19 heavy (non-hydrogen) atoms. The molecule has 2 aromatic carbocycles. The van der Waals surface area contributed by atoms with Crippen molar-refractivity contribution in [3.8, 4) is 5.75 Å². The topological polar surface area (TPSA) is 21.3 Å². The molecule has 0 unspecified atom stereocenters. The third-order valence-corrected chi connectivity index (χ3v) is 2.89. The highest BCUT2D eigenvalue weighted by atomic mass is 19.1. The van der Waals surface area contributed by atoms with Crippen LogP contribution in [0.15, 0.2) is 42.5 Å². The first-order valence-electron chi connectivity index (χ1n) is 6.35. The number of para-hydroxylation sites is 1. The van der Waals surface area contributed by atoms with E-state index in [2.05, 4.69) is 31.3 Å². The molecule has 0 aliphatic rings. The molecule has 2 aromatic rings. The van der Waals surface area contributed by atoms with Crippen LogP contribution in [-0.2, 0) is 0 Å². The van der Waals surface area contributed by atoms with E-state index in [1.54, 1.807) is 18.2 Å². The van der Waals surface area contributed by atoms with Gasteiger partial charge in [0, 0.05) is 12.2 Å². The molecule has 0 heterocycles. The molecule has 0 amide bonds. The quantitative estimate of drug-likeness (QED) is 0.821. The molecular weight excluding hydrogens is 241 g/mol. The number of aryl methyl sites for hydroxylation is 2. The molecule has 0 saturated carbocycles. The Bertz CT molecular complexity index is 554. The van der Waals surface area contributed by atoms with Gasteiger partial charge in [0.25, 0.3) is 0 Å². The molecule has 0 atom stereocenters. The third kappa shape index (κ3) is 3.71. The lowest BCUT2D eigenvalue weighted by Gasteiger charge is -2.11. The van der Waals surface area contributed by atoms with E-state index in [4.69, 9.17) is 4.74 Å². The maximum Gasteiger partial charge on any atom is 0.165 e. The number of benzene rings is 2. The number of nitrogens with one attached hydrogen (secondary N) is 1. The van der Waals surface area contributed by atoms with E-state index in [9.17, 15) is 4.39 Å². The van der Waals surface area contributed by atoms with Crippen LogP contribution in [0.5, 0.6) is 5.75 Å². The van der Waals surface area contributed by atoms with E-state index in [1.807, 2.05) is 6.07 Å². The minimum Gasteiger partial charge on any atom is -0.489 e. The molecule has 100 valence electrons. The van der Waals surface area contributed by atoms with Crippen LogP contribution in [0.25, 0.3) is 0 Å². The smallest absolute Gasteiger partial charge is 0.165 e. The first-order valence-corrected chi connectivity index (χ1v) is 6.35. The van der Waals surface area contributed by atoms with Crippen molar-refractivity contribution in [2.24, 2.45) is 0 Å². The lowest BCUT2D eigenvalue weighted by molar-refractivity contribution is 0.315. The van der Waals surface area contributed by atoms with Crippen LogP contribution in [0.2, 0.25) is 0 Å². The SMILES string of the molecule is Cc1ccc(NCCOc2ccccc2F)c(C)c1. The first-order chi connectivity index (χ1) is 9.16. The van der Waals surface area contributed by atoms with E-state index in [0.29, 0.717) is 18.9 Å². The third-order valence-electron chi connectivity index (χ3n) is 2.89. The van der Waals surface area contributed by atoms with E-state index >= 15 is 0 Å². The van der Waals surface area contributed by atoms with Gasteiger partial charge >= 0.3 is 0 Å². The van der Waals surface area contributed by atoms with Gasteiger partial charge in [-0.25, -0.2) is 4.39 Å². The van der Waals surface area contributed by atoms with Gasteiger partial charge in [-0.3, -0.25) is 0 Å². The van der Waals surface area contributed by atoms with Crippen LogP contribution >= 0.6 is 0 Å². The number of hydrogen-bond donors (Lipinski definition) is 1. The summed E-state index contributed by atoms with van der Waals surface area (Å²) in [7, 11) is 0. The molecular formula is C16H18FNO. The standard InChI is InChI=1S/C16H18FNO/c1-12-7-8-15(13(2)11-12)18-9-10-19-16-6-4-3-5-14(16)17/h3-8,11,18H,9-10H2,1-2H3. The fourth-order valence-electron chi connectivity index (χ4n) is 1.92. The van der Waals surface area contributed by atoms with E-state index < -0.39 is 0 Å². The monoisotopic (exact) mass is 259 g/mol. The predicted molar refractivity (Wildman–Crippen MR) is 76.3 cm³/mol. The molecule has 2 rings (SSSR count). The average molecular weight is 259 g/mol. The van der Waals surface area contributed by atoms with E-state index in [1.165, 1.54) is 17.2 Å². The van der Waals surface area contributed by atoms with Gasteiger partial charge in [-0.2, -0.15) is 0 Å². The molecule has 0 aromatic heterocycles. The van der Waals surface area contributed by atoms with Gasteiger partial charge in [0.1, 0.15) is 6.61 Å². The summed E-state index contributed by atoms with van der Waals surface area (Å²) in [6, 6.07) is 12.7. The Hall–Kier alpha value is -2.03. The van der Waals surface area contributed by atoms with Crippen LogP contribution in [-0.4, -0.2) is 13.2 Å². The van der Waals surface area contributed by atoms with Gasteiger partial charge in [0.2, 0.25) is 0 Å². The van der Waals surface area contributed by atoms with Crippen molar-refractivity contribution in [2.75, 3.05) is 18.5 Å². The Morgan fingerprint density at radius 3 is 2.63 bits per heavy atom. The van der Waals surface area contributed by atoms with Gasteiger partial charge < -0.3 is 10.1 Å². The number of anilines is 1. The molecule has 0 radical (unpaired) electrons. The number of ether oxygens (including phenoxy) is 1. The zero-order valence-corrected chi connectivity index (χ0v) is 11.2. The Kier molecular flexibility index (Phi) is 4.39. The average Bonchev–Trinajstić information content (AvgIpc) is 2.38. The molecule has 0 spiro atoms. The fourth-order valence-corrected chi connectivity index (χ4v) is 1.92. The molecule has 1 N–H and O–H groups in total. The Morgan fingerprint density at radius 1 is 1.11 bits per heavy atom. The molecule has 3 heteroatoms. The predicted octanol–water partition coefficient (Wildman–Crippen LogP) is 3.93. The van der Waals surface area contributed by atoms with Crippen molar-refractivity contribution in [2.45, 2.75) is 13.8 Å². The van der Waals surface area contributed by atoms with Crippen molar-refractivity contribution in [1.82, 2.24) is 0 Å². The van der Waals surface area contributed by atoms with E-state index in [-0.39, 0.29) is 5.82 Å².